The summed E-state index contributed by atoms with van der Waals surface area (Å²) < 4.78 is 6.47. The van der Waals surface area contributed by atoms with E-state index in [0.717, 1.165) is 0 Å². The first-order valence-electron chi connectivity index (χ1n) is 4.97. The molecule has 0 aliphatic rings. The number of ether oxygens (including phenoxy) is 1. The van der Waals surface area contributed by atoms with Gasteiger partial charge in [-0.05, 0) is 12.1 Å². The summed E-state index contributed by atoms with van der Waals surface area (Å²) in [6, 6.07) is 5.06. The summed E-state index contributed by atoms with van der Waals surface area (Å²) in [7, 11) is 3.15. The molecule has 0 unspecified atom stereocenters. The number of anilines is 1. The van der Waals surface area contributed by atoms with E-state index in [1.165, 1.54) is 18.0 Å². The van der Waals surface area contributed by atoms with Crippen molar-refractivity contribution >= 4 is 11.5 Å². The molecule has 6 heteroatoms. The average Bonchev–Trinajstić information content (AvgIpc) is 2.75. The van der Waals surface area contributed by atoms with Crippen molar-refractivity contribution in [1.82, 2.24) is 15.0 Å². The Hall–Kier alpha value is -2.37. The quantitative estimate of drug-likeness (QED) is 0.620. The van der Waals surface area contributed by atoms with Crippen LogP contribution in [0.25, 0.3) is 0 Å². The molecule has 0 aliphatic heterocycles. The highest BCUT2D eigenvalue weighted by Gasteiger charge is 2.18. The zero-order valence-electron chi connectivity index (χ0n) is 9.54. The lowest BCUT2D eigenvalue weighted by Crippen LogP contribution is -2.11. The lowest BCUT2D eigenvalue weighted by atomic mass is 10.1. The minimum absolute atomic E-state index is 0.228. The normalized spacial score (nSPS) is 10.2. The van der Waals surface area contributed by atoms with Gasteiger partial charge in [0.05, 0.1) is 24.6 Å². The van der Waals surface area contributed by atoms with Crippen LogP contribution in [0.2, 0.25) is 0 Å². The third-order valence-electron chi connectivity index (χ3n) is 2.48. The largest absolute Gasteiger partial charge is 0.495 e. The second-order valence-corrected chi connectivity index (χ2v) is 3.49. The molecular weight excluding hydrogens is 220 g/mol. The Morgan fingerprint density at radius 3 is 2.82 bits per heavy atom. The average molecular weight is 232 g/mol. The lowest BCUT2D eigenvalue weighted by Gasteiger charge is -2.08. The Bertz CT molecular complexity index is 562. The van der Waals surface area contributed by atoms with Gasteiger partial charge in [-0.25, -0.2) is 4.68 Å². The van der Waals surface area contributed by atoms with Gasteiger partial charge < -0.3 is 10.5 Å². The van der Waals surface area contributed by atoms with Crippen molar-refractivity contribution in [2.75, 3.05) is 12.8 Å². The van der Waals surface area contributed by atoms with Gasteiger partial charge in [0.2, 0.25) is 5.78 Å². The van der Waals surface area contributed by atoms with Crippen molar-refractivity contribution in [3.63, 3.8) is 0 Å². The van der Waals surface area contributed by atoms with Crippen LogP contribution in [0.1, 0.15) is 16.1 Å². The summed E-state index contributed by atoms with van der Waals surface area (Å²) in [4.78, 5) is 12.2. The first kappa shape index (κ1) is 11.1. The highest BCUT2D eigenvalue weighted by atomic mass is 16.5. The van der Waals surface area contributed by atoms with Crippen LogP contribution in [0.5, 0.6) is 5.75 Å². The first-order valence-corrected chi connectivity index (χ1v) is 4.97. The molecule has 0 fully saturated rings. The van der Waals surface area contributed by atoms with Gasteiger partial charge in [0.15, 0.2) is 0 Å². The first-order chi connectivity index (χ1) is 8.15. The molecule has 2 aromatic rings. The smallest absolute Gasteiger partial charge is 0.214 e. The molecule has 0 saturated carbocycles. The van der Waals surface area contributed by atoms with Crippen molar-refractivity contribution in [1.29, 1.82) is 0 Å². The number of nitrogens with zero attached hydrogens (tertiary/aromatic N) is 3. The second kappa shape index (κ2) is 4.25. The van der Waals surface area contributed by atoms with E-state index in [-0.39, 0.29) is 5.78 Å². The fourth-order valence-electron chi connectivity index (χ4n) is 1.55. The summed E-state index contributed by atoms with van der Waals surface area (Å²) in [6.45, 7) is 0. The van der Waals surface area contributed by atoms with Crippen LogP contribution in [-0.2, 0) is 7.05 Å². The van der Waals surface area contributed by atoms with E-state index in [1.54, 1.807) is 25.2 Å². The Morgan fingerprint density at radius 2 is 2.24 bits per heavy atom. The Kier molecular flexibility index (Phi) is 2.78. The highest BCUT2D eigenvalue weighted by molar-refractivity contribution is 6.11. The molecule has 0 saturated heterocycles. The molecule has 1 aromatic heterocycles. The van der Waals surface area contributed by atoms with E-state index in [9.17, 15) is 4.79 Å². The Morgan fingerprint density at radius 1 is 1.47 bits per heavy atom. The number of ketones is 1. The minimum Gasteiger partial charge on any atom is -0.495 e. The molecule has 2 rings (SSSR count). The van der Waals surface area contributed by atoms with Crippen LogP contribution in [-0.4, -0.2) is 27.9 Å². The van der Waals surface area contributed by atoms with E-state index in [2.05, 4.69) is 10.3 Å². The van der Waals surface area contributed by atoms with Gasteiger partial charge in [-0.2, -0.15) is 0 Å². The van der Waals surface area contributed by atoms with Gasteiger partial charge in [0, 0.05) is 7.05 Å². The van der Waals surface area contributed by atoms with Crippen LogP contribution in [0.3, 0.4) is 0 Å². The molecule has 0 atom stereocenters. The summed E-state index contributed by atoms with van der Waals surface area (Å²) in [5, 5.41) is 7.37. The number of rotatable bonds is 3. The van der Waals surface area contributed by atoms with Gasteiger partial charge in [-0.15, -0.1) is 5.10 Å². The number of nitrogen functional groups attached to an aromatic ring is 1. The van der Waals surface area contributed by atoms with Crippen molar-refractivity contribution in [2.45, 2.75) is 0 Å². The number of carbonyl (C=O) groups is 1. The number of carbonyl (C=O) groups excluding carboxylic acids is 1. The Labute approximate surface area is 98.0 Å². The van der Waals surface area contributed by atoms with Gasteiger partial charge in [-0.3, -0.25) is 4.79 Å². The van der Waals surface area contributed by atoms with E-state index < -0.39 is 0 Å². The monoisotopic (exact) mass is 232 g/mol. The molecule has 6 nitrogen and oxygen atoms in total. The topological polar surface area (TPSA) is 83.0 Å². The SMILES string of the molecule is COc1cccc(C(=O)c2cnnn2C)c1N. The fourth-order valence-corrected chi connectivity index (χ4v) is 1.55. The Balaban J connectivity index is 2.48. The molecule has 0 spiro atoms. The number of methoxy groups -OCH3 is 1. The van der Waals surface area contributed by atoms with Gasteiger partial charge in [0.1, 0.15) is 11.4 Å². The fraction of sp³-hybridized carbons (Fsp3) is 0.182. The number of benzene rings is 1. The molecule has 0 amide bonds. The van der Waals surface area contributed by atoms with Crippen molar-refractivity contribution in [3.05, 3.63) is 35.7 Å². The summed E-state index contributed by atoms with van der Waals surface area (Å²) in [5.74, 6) is 0.250. The molecule has 2 N–H and O–H groups in total. The molecular formula is C11H12N4O2. The third kappa shape index (κ3) is 1.84. The second-order valence-electron chi connectivity index (χ2n) is 3.49. The summed E-state index contributed by atoms with van der Waals surface area (Å²) in [6.07, 6.45) is 1.40. The van der Waals surface area contributed by atoms with Crippen molar-refractivity contribution < 1.29 is 9.53 Å². The number of aromatic nitrogens is 3. The number of nitrogens with two attached hydrogens (primary N) is 1. The minimum atomic E-state index is -0.228. The highest BCUT2D eigenvalue weighted by Crippen LogP contribution is 2.26. The van der Waals surface area contributed by atoms with Gasteiger partial charge in [0.25, 0.3) is 0 Å². The van der Waals surface area contributed by atoms with Crippen molar-refractivity contribution in [3.8, 4) is 5.75 Å². The predicted octanol–water partition coefficient (Wildman–Crippen LogP) is 0.637. The van der Waals surface area contributed by atoms with E-state index >= 15 is 0 Å². The maximum atomic E-state index is 12.2. The van der Waals surface area contributed by atoms with Crippen LogP contribution >= 0.6 is 0 Å². The van der Waals surface area contributed by atoms with Crippen LogP contribution in [0.15, 0.2) is 24.4 Å². The molecule has 17 heavy (non-hydrogen) atoms. The summed E-state index contributed by atoms with van der Waals surface area (Å²) in [5.41, 5.74) is 6.94. The number of para-hydroxylation sites is 1. The molecule has 1 heterocycles. The number of hydrogen-bond acceptors (Lipinski definition) is 5. The molecule has 0 aliphatic carbocycles. The third-order valence-corrected chi connectivity index (χ3v) is 2.48. The number of aryl methyl sites for hydroxylation is 1. The van der Waals surface area contributed by atoms with Crippen LogP contribution in [0, 0.1) is 0 Å². The molecule has 1 aromatic carbocycles. The zero-order chi connectivity index (χ0) is 12.4. The molecule has 88 valence electrons. The predicted molar refractivity (Wildman–Crippen MR) is 61.8 cm³/mol. The van der Waals surface area contributed by atoms with E-state index in [4.69, 9.17) is 10.5 Å². The van der Waals surface area contributed by atoms with Crippen LogP contribution in [0.4, 0.5) is 5.69 Å². The number of hydrogen-bond donors (Lipinski definition) is 1. The van der Waals surface area contributed by atoms with Gasteiger partial charge in [-0.1, -0.05) is 11.3 Å². The van der Waals surface area contributed by atoms with Crippen molar-refractivity contribution in [2.24, 2.45) is 7.05 Å². The van der Waals surface area contributed by atoms with Gasteiger partial charge >= 0.3 is 0 Å². The van der Waals surface area contributed by atoms with E-state index in [0.29, 0.717) is 22.7 Å². The maximum Gasteiger partial charge on any atom is 0.214 e. The van der Waals surface area contributed by atoms with E-state index in [1.807, 2.05) is 0 Å². The molecule has 0 bridgehead atoms. The van der Waals surface area contributed by atoms with Crippen LogP contribution < -0.4 is 10.5 Å². The zero-order valence-corrected chi connectivity index (χ0v) is 9.54. The summed E-state index contributed by atoms with van der Waals surface area (Å²) >= 11 is 0. The maximum absolute atomic E-state index is 12.2. The molecule has 0 radical (unpaired) electrons. The standard InChI is InChI=1S/C11H12N4O2/c1-15-8(6-13-14-15)11(16)7-4-3-5-9(17-2)10(7)12/h3-6H,12H2,1-2H3. The lowest BCUT2D eigenvalue weighted by molar-refractivity contribution is 0.103.